The smallest absolute Gasteiger partial charge is 0.319 e. The number of nitrogens with one attached hydrogen (secondary N) is 3. The van der Waals surface area contributed by atoms with E-state index in [0.29, 0.717) is 27.7 Å². The van der Waals surface area contributed by atoms with Crippen molar-refractivity contribution in [2.24, 2.45) is 0 Å². The first kappa shape index (κ1) is 17.8. The molecule has 3 rings (SSSR count). The van der Waals surface area contributed by atoms with E-state index in [1.807, 2.05) is 12.1 Å². The summed E-state index contributed by atoms with van der Waals surface area (Å²) in [6.45, 7) is 1.69. The topological polar surface area (TPSA) is 79.5 Å². The van der Waals surface area contributed by atoms with Crippen LogP contribution >= 0.6 is 11.6 Å². The molecule has 0 spiro atoms. The fraction of sp³-hybridized carbons (Fsp3) is 0.158. The number of halogens is 1. The molecule has 1 aliphatic rings. The highest BCUT2D eigenvalue weighted by atomic mass is 35.5. The number of benzene rings is 2. The Morgan fingerprint density at radius 3 is 2.69 bits per heavy atom. The summed E-state index contributed by atoms with van der Waals surface area (Å²) in [5.41, 5.74) is 2.22. The molecule has 0 radical (unpaired) electrons. The zero-order valence-electron chi connectivity index (χ0n) is 14.3. The molecule has 0 saturated heterocycles. The van der Waals surface area contributed by atoms with Gasteiger partial charge in [0.2, 0.25) is 0 Å². The average molecular weight is 372 g/mol. The number of carbonyl (C=O) groups is 2. The molecule has 6 nitrogen and oxygen atoms in total. The minimum absolute atomic E-state index is 0.329. The Morgan fingerprint density at radius 1 is 1.19 bits per heavy atom. The van der Waals surface area contributed by atoms with Crippen molar-refractivity contribution in [3.8, 4) is 5.75 Å². The Kier molecular flexibility index (Phi) is 5.14. The highest BCUT2D eigenvalue weighted by Gasteiger charge is 2.31. The summed E-state index contributed by atoms with van der Waals surface area (Å²) in [5, 5.41) is 8.78. The van der Waals surface area contributed by atoms with E-state index in [0.717, 1.165) is 5.56 Å². The molecular formula is C19H18ClN3O3. The molecule has 134 valence electrons. The fourth-order valence-corrected chi connectivity index (χ4v) is 3.02. The summed E-state index contributed by atoms with van der Waals surface area (Å²) < 4.78 is 5.24. The first-order chi connectivity index (χ1) is 12.5. The molecule has 3 amide bonds. The summed E-state index contributed by atoms with van der Waals surface area (Å²) in [4.78, 5) is 24.8. The normalized spacial score (nSPS) is 16.6. The van der Waals surface area contributed by atoms with Gasteiger partial charge in [0, 0.05) is 16.4 Å². The molecule has 0 aliphatic carbocycles. The summed E-state index contributed by atoms with van der Waals surface area (Å²) in [7, 11) is 1.56. The van der Waals surface area contributed by atoms with Gasteiger partial charge < -0.3 is 20.7 Å². The summed E-state index contributed by atoms with van der Waals surface area (Å²) in [6.07, 6.45) is 0. The maximum absolute atomic E-state index is 12.9. The summed E-state index contributed by atoms with van der Waals surface area (Å²) in [6, 6.07) is 13.1. The lowest BCUT2D eigenvalue weighted by Gasteiger charge is -2.28. The van der Waals surface area contributed by atoms with Gasteiger partial charge in [0.1, 0.15) is 5.75 Å². The van der Waals surface area contributed by atoms with Crippen LogP contribution in [0.1, 0.15) is 18.5 Å². The van der Waals surface area contributed by atoms with Gasteiger partial charge in [-0.15, -0.1) is 0 Å². The van der Waals surface area contributed by atoms with E-state index < -0.39 is 6.04 Å². The Balaban J connectivity index is 1.96. The van der Waals surface area contributed by atoms with Crippen molar-refractivity contribution in [1.82, 2.24) is 10.6 Å². The molecule has 3 N–H and O–H groups in total. The summed E-state index contributed by atoms with van der Waals surface area (Å²) in [5.74, 6) is 0.313. The number of methoxy groups -OCH3 is 1. The number of allylic oxidation sites excluding steroid dienone is 1. The third-order valence-electron chi connectivity index (χ3n) is 4.02. The number of amides is 3. The second kappa shape index (κ2) is 7.49. The molecule has 2 aromatic carbocycles. The van der Waals surface area contributed by atoms with Gasteiger partial charge in [-0.25, -0.2) is 4.79 Å². The number of hydrogen-bond donors (Lipinski definition) is 3. The van der Waals surface area contributed by atoms with Crippen molar-refractivity contribution in [2.45, 2.75) is 13.0 Å². The van der Waals surface area contributed by atoms with Crippen LogP contribution in [0, 0.1) is 0 Å². The standard InChI is InChI=1S/C19H18ClN3O3/c1-11-16(18(24)22-14-7-4-6-13(20)10-14)17(23-19(25)21-11)12-5-3-8-15(9-12)26-2/h3-10,17H,1-2H3,(H,22,24)(H2,21,23,25). The Morgan fingerprint density at radius 2 is 1.96 bits per heavy atom. The molecule has 0 fully saturated rings. The first-order valence-corrected chi connectivity index (χ1v) is 8.35. The highest BCUT2D eigenvalue weighted by Crippen LogP contribution is 2.30. The molecule has 0 bridgehead atoms. The van der Waals surface area contributed by atoms with Crippen LogP contribution in [-0.4, -0.2) is 19.0 Å². The van der Waals surface area contributed by atoms with E-state index in [1.165, 1.54) is 0 Å². The number of hydrogen-bond acceptors (Lipinski definition) is 3. The number of rotatable bonds is 4. The van der Waals surface area contributed by atoms with Crippen LogP contribution in [0.25, 0.3) is 0 Å². The molecule has 0 aromatic heterocycles. The molecular weight excluding hydrogens is 354 g/mol. The Bertz CT molecular complexity index is 895. The van der Waals surface area contributed by atoms with Gasteiger partial charge in [-0.2, -0.15) is 0 Å². The molecule has 1 unspecified atom stereocenters. The maximum atomic E-state index is 12.9. The van der Waals surface area contributed by atoms with Crippen molar-refractivity contribution in [3.63, 3.8) is 0 Å². The van der Waals surface area contributed by atoms with E-state index >= 15 is 0 Å². The fourth-order valence-electron chi connectivity index (χ4n) is 2.83. The van der Waals surface area contributed by atoms with E-state index in [9.17, 15) is 9.59 Å². The number of urea groups is 1. The number of anilines is 1. The van der Waals surface area contributed by atoms with E-state index in [-0.39, 0.29) is 11.9 Å². The molecule has 1 aliphatic heterocycles. The Labute approximate surface area is 156 Å². The monoisotopic (exact) mass is 371 g/mol. The van der Waals surface area contributed by atoms with Gasteiger partial charge in [-0.05, 0) is 42.8 Å². The van der Waals surface area contributed by atoms with Crippen LogP contribution in [0.15, 0.2) is 59.8 Å². The average Bonchev–Trinajstić information content (AvgIpc) is 2.61. The maximum Gasteiger partial charge on any atom is 0.319 e. The van der Waals surface area contributed by atoms with Gasteiger partial charge in [0.15, 0.2) is 0 Å². The zero-order valence-corrected chi connectivity index (χ0v) is 15.1. The quantitative estimate of drug-likeness (QED) is 0.768. The van der Waals surface area contributed by atoms with Crippen LogP contribution in [-0.2, 0) is 4.79 Å². The lowest BCUT2D eigenvalue weighted by molar-refractivity contribution is -0.113. The lowest BCUT2D eigenvalue weighted by atomic mass is 9.94. The van der Waals surface area contributed by atoms with Crippen LogP contribution in [0.4, 0.5) is 10.5 Å². The summed E-state index contributed by atoms with van der Waals surface area (Å²) >= 11 is 5.97. The highest BCUT2D eigenvalue weighted by molar-refractivity contribution is 6.31. The molecule has 26 heavy (non-hydrogen) atoms. The van der Waals surface area contributed by atoms with Crippen LogP contribution in [0.3, 0.4) is 0 Å². The number of ether oxygens (including phenoxy) is 1. The van der Waals surface area contributed by atoms with E-state index in [4.69, 9.17) is 16.3 Å². The second-order valence-electron chi connectivity index (χ2n) is 5.81. The van der Waals surface area contributed by atoms with Gasteiger partial charge in [-0.3, -0.25) is 4.79 Å². The van der Waals surface area contributed by atoms with Crippen LogP contribution < -0.4 is 20.7 Å². The SMILES string of the molecule is COc1cccc(C2NC(=O)NC(C)=C2C(=O)Nc2cccc(Cl)c2)c1. The van der Waals surface area contributed by atoms with Crippen molar-refractivity contribution >= 4 is 29.2 Å². The van der Waals surface area contributed by atoms with Crippen LogP contribution in [0.5, 0.6) is 5.75 Å². The zero-order chi connectivity index (χ0) is 18.7. The molecule has 7 heteroatoms. The lowest BCUT2D eigenvalue weighted by Crippen LogP contribution is -2.45. The predicted octanol–water partition coefficient (Wildman–Crippen LogP) is 3.62. The van der Waals surface area contributed by atoms with Crippen molar-refractivity contribution < 1.29 is 14.3 Å². The predicted molar refractivity (Wildman–Crippen MR) is 100 cm³/mol. The van der Waals surface area contributed by atoms with Gasteiger partial charge in [0.05, 0.1) is 18.7 Å². The molecule has 1 atom stereocenters. The third kappa shape index (κ3) is 3.81. The van der Waals surface area contributed by atoms with Crippen molar-refractivity contribution in [1.29, 1.82) is 0 Å². The van der Waals surface area contributed by atoms with Gasteiger partial charge in [0.25, 0.3) is 5.91 Å². The minimum atomic E-state index is -0.599. The molecule has 0 saturated carbocycles. The largest absolute Gasteiger partial charge is 0.497 e. The second-order valence-corrected chi connectivity index (χ2v) is 6.25. The van der Waals surface area contributed by atoms with Gasteiger partial charge in [-0.1, -0.05) is 29.8 Å². The van der Waals surface area contributed by atoms with Crippen LogP contribution in [0.2, 0.25) is 5.02 Å². The van der Waals surface area contributed by atoms with Crippen molar-refractivity contribution in [3.05, 3.63) is 70.4 Å². The molecule has 1 heterocycles. The van der Waals surface area contributed by atoms with E-state index in [1.54, 1.807) is 50.4 Å². The number of carbonyl (C=O) groups excluding carboxylic acids is 2. The van der Waals surface area contributed by atoms with Gasteiger partial charge >= 0.3 is 6.03 Å². The minimum Gasteiger partial charge on any atom is -0.497 e. The Hall–Kier alpha value is -2.99. The third-order valence-corrected chi connectivity index (χ3v) is 4.26. The van der Waals surface area contributed by atoms with Crippen molar-refractivity contribution in [2.75, 3.05) is 12.4 Å². The van der Waals surface area contributed by atoms with E-state index in [2.05, 4.69) is 16.0 Å². The first-order valence-electron chi connectivity index (χ1n) is 7.97. The molecule has 2 aromatic rings.